The Hall–Kier alpha value is -1.86. The molecule has 0 aromatic heterocycles. The molecule has 6 nitrogen and oxygen atoms in total. The number of ketones is 1. The molecule has 0 radical (unpaired) electrons. The minimum atomic E-state index is -0.653. The summed E-state index contributed by atoms with van der Waals surface area (Å²) in [7, 11) is 0. The zero-order chi connectivity index (χ0) is 25.5. The smallest absolute Gasteiger partial charge is 0.155 e. The van der Waals surface area contributed by atoms with Crippen LogP contribution in [0.5, 0.6) is 0 Å². The maximum atomic E-state index is 13.7. The van der Waals surface area contributed by atoms with Crippen molar-refractivity contribution < 1.29 is 19.0 Å². The van der Waals surface area contributed by atoms with E-state index in [1.165, 1.54) is 37.5 Å². The number of carbonyl (C=O) groups is 1. The van der Waals surface area contributed by atoms with E-state index in [0.29, 0.717) is 48.3 Å². The molecule has 36 heavy (non-hydrogen) atoms. The van der Waals surface area contributed by atoms with Crippen LogP contribution in [0.4, 0.5) is 15.8 Å². The van der Waals surface area contributed by atoms with E-state index in [9.17, 15) is 14.3 Å². The number of halogens is 1. The SMILES string of the molecule is CCOC[C@@]1(O)CC[C@H]2[C@H](CC[C@@H]3[C@@H]2CC[C@]2(C)[C@@H](C(=O)CNc4cc(F)ccc4N=N)CC[C@@H]32)C1. The van der Waals surface area contributed by atoms with Gasteiger partial charge in [-0.3, -0.25) is 4.79 Å². The molecule has 1 aromatic carbocycles. The molecular formula is C29H42FN3O3. The van der Waals surface area contributed by atoms with Gasteiger partial charge in [0.25, 0.3) is 0 Å². The van der Waals surface area contributed by atoms with Crippen molar-refractivity contribution in [2.24, 2.45) is 46.0 Å². The number of anilines is 1. The van der Waals surface area contributed by atoms with Crippen molar-refractivity contribution in [1.82, 2.24) is 0 Å². The monoisotopic (exact) mass is 499 g/mol. The first-order valence-electron chi connectivity index (χ1n) is 14.0. The van der Waals surface area contributed by atoms with Crippen LogP contribution in [-0.4, -0.2) is 36.2 Å². The maximum absolute atomic E-state index is 13.7. The number of carbonyl (C=O) groups excluding carboxylic acids is 1. The van der Waals surface area contributed by atoms with Crippen molar-refractivity contribution in [3.63, 3.8) is 0 Å². The van der Waals surface area contributed by atoms with E-state index >= 15 is 0 Å². The van der Waals surface area contributed by atoms with E-state index in [2.05, 4.69) is 17.4 Å². The van der Waals surface area contributed by atoms with Gasteiger partial charge in [-0.2, -0.15) is 5.11 Å². The third-order valence-electron chi connectivity index (χ3n) is 10.6. The Bertz CT molecular complexity index is 989. The Balaban J connectivity index is 1.24. The lowest BCUT2D eigenvalue weighted by molar-refractivity contribution is -0.136. The molecule has 4 aliphatic rings. The Morgan fingerprint density at radius 3 is 2.75 bits per heavy atom. The molecule has 0 aliphatic heterocycles. The average molecular weight is 500 g/mol. The fourth-order valence-electron chi connectivity index (χ4n) is 8.97. The van der Waals surface area contributed by atoms with E-state index in [-0.39, 0.29) is 23.7 Å². The minimum absolute atomic E-state index is 0.0289. The summed E-state index contributed by atoms with van der Waals surface area (Å²) in [6.07, 6.45) is 9.56. The molecule has 0 unspecified atom stereocenters. The van der Waals surface area contributed by atoms with Gasteiger partial charge >= 0.3 is 0 Å². The van der Waals surface area contributed by atoms with Crippen molar-refractivity contribution in [3.05, 3.63) is 24.0 Å². The number of Topliss-reactive ketones (excluding diaryl/α,β-unsaturated/α-hetero) is 1. The molecule has 1 aromatic rings. The lowest BCUT2D eigenvalue weighted by Gasteiger charge is -2.57. The van der Waals surface area contributed by atoms with E-state index in [1.54, 1.807) is 0 Å². The summed E-state index contributed by atoms with van der Waals surface area (Å²) in [5, 5.41) is 17.6. The number of hydrogen-bond acceptors (Lipinski definition) is 6. The third-order valence-corrected chi connectivity index (χ3v) is 10.6. The second-order valence-corrected chi connectivity index (χ2v) is 12.3. The van der Waals surface area contributed by atoms with Gasteiger partial charge in [0.05, 0.1) is 24.4 Å². The number of fused-ring (bicyclic) bond motifs is 5. The van der Waals surface area contributed by atoms with Gasteiger partial charge in [0.1, 0.15) is 11.5 Å². The van der Waals surface area contributed by atoms with Crippen LogP contribution in [0, 0.1) is 52.3 Å². The Morgan fingerprint density at radius 2 is 1.97 bits per heavy atom. The molecule has 3 N–H and O–H groups in total. The van der Waals surface area contributed by atoms with Gasteiger partial charge in [-0.05, 0) is 118 Å². The summed E-state index contributed by atoms with van der Waals surface area (Å²) in [4.78, 5) is 13.4. The molecule has 198 valence electrons. The summed E-state index contributed by atoms with van der Waals surface area (Å²) >= 11 is 0. The normalized spacial score (nSPS) is 39.6. The first kappa shape index (κ1) is 25.8. The molecule has 7 heteroatoms. The lowest BCUT2D eigenvalue weighted by atomic mass is 9.49. The zero-order valence-corrected chi connectivity index (χ0v) is 21.8. The van der Waals surface area contributed by atoms with Crippen LogP contribution in [-0.2, 0) is 9.53 Å². The highest BCUT2D eigenvalue weighted by molar-refractivity contribution is 5.87. The molecule has 4 fully saturated rings. The van der Waals surface area contributed by atoms with Gasteiger partial charge in [-0.1, -0.05) is 6.92 Å². The van der Waals surface area contributed by atoms with Gasteiger partial charge in [-0.15, -0.1) is 0 Å². The first-order chi connectivity index (χ1) is 17.3. The number of nitrogens with one attached hydrogen (secondary N) is 2. The molecule has 0 spiro atoms. The second-order valence-electron chi connectivity index (χ2n) is 12.3. The van der Waals surface area contributed by atoms with Crippen molar-refractivity contribution in [2.45, 2.75) is 77.2 Å². The summed E-state index contributed by atoms with van der Waals surface area (Å²) in [6.45, 7) is 5.60. The van der Waals surface area contributed by atoms with E-state index in [0.717, 1.165) is 44.4 Å². The molecule has 0 bridgehead atoms. The minimum Gasteiger partial charge on any atom is -0.387 e. The summed E-state index contributed by atoms with van der Waals surface area (Å²) in [5.41, 5.74) is 7.45. The van der Waals surface area contributed by atoms with E-state index in [1.807, 2.05) is 6.92 Å². The van der Waals surface area contributed by atoms with Gasteiger partial charge in [0.2, 0.25) is 0 Å². The van der Waals surface area contributed by atoms with Gasteiger partial charge in [0.15, 0.2) is 5.78 Å². The van der Waals surface area contributed by atoms with Gasteiger partial charge in [0, 0.05) is 12.5 Å². The number of benzene rings is 1. The number of aliphatic hydroxyl groups is 1. The number of nitrogens with zero attached hydrogens (tertiary/aromatic N) is 1. The van der Waals surface area contributed by atoms with Crippen LogP contribution in [0.25, 0.3) is 0 Å². The van der Waals surface area contributed by atoms with E-state index < -0.39 is 11.4 Å². The largest absolute Gasteiger partial charge is 0.387 e. The number of ether oxygens (including phenoxy) is 1. The molecule has 4 saturated carbocycles. The third kappa shape index (κ3) is 4.62. The second kappa shape index (κ2) is 10.1. The van der Waals surface area contributed by atoms with E-state index in [4.69, 9.17) is 10.3 Å². The molecule has 0 saturated heterocycles. The van der Waals surface area contributed by atoms with Crippen LogP contribution < -0.4 is 5.32 Å². The highest BCUT2D eigenvalue weighted by Gasteiger charge is 2.58. The van der Waals surface area contributed by atoms with Crippen molar-refractivity contribution in [3.8, 4) is 0 Å². The Kier molecular flexibility index (Phi) is 7.25. The van der Waals surface area contributed by atoms with Crippen LogP contribution in [0.15, 0.2) is 23.3 Å². The number of hydrogen-bond donors (Lipinski definition) is 3. The average Bonchev–Trinajstić information content (AvgIpc) is 3.23. The molecule has 4 aliphatic carbocycles. The quantitative estimate of drug-likeness (QED) is 0.356. The molecule has 5 rings (SSSR count). The molecule has 0 heterocycles. The topological polar surface area (TPSA) is 94.8 Å². The number of rotatable bonds is 8. The zero-order valence-electron chi connectivity index (χ0n) is 21.8. The van der Waals surface area contributed by atoms with Crippen molar-refractivity contribution >= 4 is 17.2 Å². The fourth-order valence-corrected chi connectivity index (χ4v) is 8.97. The van der Waals surface area contributed by atoms with Crippen LogP contribution in [0.3, 0.4) is 0 Å². The van der Waals surface area contributed by atoms with Crippen molar-refractivity contribution in [1.29, 1.82) is 5.53 Å². The molecule has 8 atom stereocenters. The van der Waals surface area contributed by atoms with Crippen LogP contribution in [0.1, 0.15) is 71.6 Å². The summed E-state index contributed by atoms with van der Waals surface area (Å²) in [6, 6.07) is 4.05. The Morgan fingerprint density at radius 1 is 1.17 bits per heavy atom. The predicted molar refractivity (Wildman–Crippen MR) is 137 cm³/mol. The lowest BCUT2D eigenvalue weighted by Crippen LogP contribution is -2.52. The molecular weight excluding hydrogens is 457 g/mol. The summed E-state index contributed by atoms with van der Waals surface area (Å²) < 4.78 is 19.3. The van der Waals surface area contributed by atoms with Crippen LogP contribution >= 0.6 is 0 Å². The van der Waals surface area contributed by atoms with Gasteiger partial charge < -0.3 is 15.2 Å². The van der Waals surface area contributed by atoms with Gasteiger partial charge in [-0.25, -0.2) is 9.92 Å². The fraction of sp³-hybridized carbons (Fsp3) is 0.759. The van der Waals surface area contributed by atoms with Crippen LogP contribution in [0.2, 0.25) is 0 Å². The highest BCUT2D eigenvalue weighted by Crippen LogP contribution is 2.64. The highest BCUT2D eigenvalue weighted by atomic mass is 19.1. The predicted octanol–water partition coefficient (Wildman–Crippen LogP) is 6.51. The first-order valence-corrected chi connectivity index (χ1v) is 14.0. The summed E-state index contributed by atoms with van der Waals surface area (Å²) in [5.74, 6) is 3.12. The van der Waals surface area contributed by atoms with Crippen molar-refractivity contribution in [2.75, 3.05) is 25.1 Å². The molecule has 0 amide bonds. The maximum Gasteiger partial charge on any atom is 0.155 e. The Labute approximate surface area is 214 Å². The standard InChI is InChI=1S/C29H42FN3O3/c1-3-36-17-29(35)13-11-20-18(15-29)4-6-22-21(20)10-12-28(2)23(22)7-8-24(28)27(34)16-32-26-14-19(30)5-9-25(26)33-31/h5,9,14,18,20-24,31-32,35H,3-4,6-8,10-13,15-17H2,1-2H3/t18-,20+,21-,22-,23+,24-,28+,29-/m1/s1.